The molecule has 9 atom stereocenters. The molecule has 2 fully saturated rings. The highest BCUT2D eigenvalue weighted by atomic mass is 16.8. The fourth-order valence-electron chi connectivity index (χ4n) is 6.75. The van der Waals surface area contributed by atoms with E-state index >= 15 is 0 Å². The first-order chi connectivity index (χ1) is 33.0. The highest BCUT2D eigenvalue weighted by Gasteiger charge is 2.62. The van der Waals surface area contributed by atoms with E-state index < -0.39 is 98.5 Å². The van der Waals surface area contributed by atoms with Gasteiger partial charge in [-0.15, -0.1) is 0 Å². The number of benzene rings is 4. The predicted molar refractivity (Wildman–Crippen MR) is 239 cm³/mol. The van der Waals surface area contributed by atoms with Crippen molar-refractivity contribution in [2.45, 2.75) is 54.8 Å². The van der Waals surface area contributed by atoms with Gasteiger partial charge in [0.1, 0.15) is 73.7 Å². The number of carbonyl (C=O) groups is 4. The largest absolute Gasteiger partial charge is 0.508 e. The molecule has 0 aliphatic carbocycles. The van der Waals surface area contributed by atoms with Gasteiger partial charge in [-0.25, -0.2) is 19.2 Å². The van der Waals surface area contributed by atoms with E-state index in [2.05, 4.69) is 0 Å². The SMILES string of the molecule is COc1cc(C=CC(=O)OCC2OC(COC(=O)C=Cc3ccc(O)cc3)(OC3OC(COC(=O)C=Cc4ccc(O)cc4)C(O)C(O)C3O)C(OC(=O)C=Cc3ccc(O)cc3)C2O)ccc1O. The van der Waals surface area contributed by atoms with E-state index in [1.54, 1.807) is 0 Å². The van der Waals surface area contributed by atoms with Crippen LogP contribution in [0.3, 0.4) is 0 Å². The molecule has 0 radical (unpaired) electrons. The summed E-state index contributed by atoms with van der Waals surface area (Å²) in [6.45, 7) is -2.57. The third-order valence-electron chi connectivity index (χ3n) is 10.4. The second-order valence-corrected chi connectivity index (χ2v) is 15.4. The second kappa shape index (κ2) is 23.4. The van der Waals surface area contributed by atoms with Gasteiger partial charge in [-0.1, -0.05) is 42.5 Å². The van der Waals surface area contributed by atoms with E-state index in [-0.39, 0.29) is 28.7 Å². The molecule has 20 nitrogen and oxygen atoms in total. The Labute approximate surface area is 393 Å². The Morgan fingerprint density at radius 1 is 0.551 bits per heavy atom. The highest BCUT2D eigenvalue weighted by molar-refractivity contribution is 5.89. The zero-order chi connectivity index (χ0) is 49.7. The van der Waals surface area contributed by atoms with E-state index in [9.17, 15) is 60.0 Å². The van der Waals surface area contributed by atoms with Crippen molar-refractivity contribution in [1.29, 1.82) is 0 Å². The smallest absolute Gasteiger partial charge is 0.331 e. The summed E-state index contributed by atoms with van der Waals surface area (Å²) in [6, 6.07) is 21.5. The van der Waals surface area contributed by atoms with Crippen molar-refractivity contribution in [2.75, 3.05) is 26.9 Å². The van der Waals surface area contributed by atoms with Crippen molar-refractivity contribution in [3.05, 3.63) is 138 Å². The Morgan fingerprint density at radius 2 is 1.00 bits per heavy atom. The van der Waals surface area contributed by atoms with Gasteiger partial charge in [-0.2, -0.15) is 0 Å². The number of hydrogen-bond acceptors (Lipinski definition) is 20. The molecule has 69 heavy (non-hydrogen) atoms. The normalized spacial score (nSPS) is 24.7. The van der Waals surface area contributed by atoms with Crippen LogP contribution < -0.4 is 4.74 Å². The lowest BCUT2D eigenvalue weighted by Crippen LogP contribution is -2.63. The van der Waals surface area contributed by atoms with E-state index in [0.717, 1.165) is 24.3 Å². The molecule has 2 aliphatic heterocycles. The molecule has 0 saturated carbocycles. The summed E-state index contributed by atoms with van der Waals surface area (Å²) < 4.78 is 45.0. The molecule has 2 saturated heterocycles. The Morgan fingerprint density at radius 3 is 1.51 bits per heavy atom. The summed E-state index contributed by atoms with van der Waals surface area (Å²) in [6.07, 6.45) is -6.19. The number of rotatable bonds is 18. The minimum atomic E-state index is -2.69. The second-order valence-electron chi connectivity index (χ2n) is 15.4. The molecule has 0 spiro atoms. The van der Waals surface area contributed by atoms with Crippen molar-refractivity contribution >= 4 is 48.2 Å². The average molecular weight is 957 g/mol. The van der Waals surface area contributed by atoms with Crippen molar-refractivity contribution in [3.63, 3.8) is 0 Å². The first-order valence-corrected chi connectivity index (χ1v) is 20.9. The number of phenols is 4. The Bertz CT molecular complexity index is 2520. The standard InChI is InChI=1S/C49H48O20/c1-62-36-24-31(8-19-35(36)53)12-22-40(55)64-26-38-44(59)47(67-42(57)23-11-30-6-17-34(52)18-7-30)49(68-38,27-65-41(56)21-10-29-4-15-33(51)16-5-29)69-48-46(61)45(60)43(58)37(66-48)25-63-39(54)20-9-28-2-13-32(50)14-3-28/h2-24,37-38,43-48,50-53,58-61H,25-27H2,1H3. The zero-order valence-corrected chi connectivity index (χ0v) is 36.5. The summed E-state index contributed by atoms with van der Waals surface area (Å²) in [4.78, 5) is 52.4. The Kier molecular flexibility index (Phi) is 17.3. The lowest BCUT2D eigenvalue weighted by molar-refractivity contribution is -0.383. The molecule has 9 unspecified atom stereocenters. The van der Waals surface area contributed by atoms with Gasteiger partial charge < -0.3 is 78.7 Å². The van der Waals surface area contributed by atoms with Crippen LogP contribution in [-0.4, -0.2) is 146 Å². The van der Waals surface area contributed by atoms with Gasteiger partial charge in [0.15, 0.2) is 23.9 Å². The first kappa shape index (κ1) is 50.8. The van der Waals surface area contributed by atoms with Crippen molar-refractivity contribution in [2.24, 2.45) is 0 Å². The Balaban J connectivity index is 1.28. The van der Waals surface area contributed by atoms with Crippen LogP contribution in [0.15, 0.2) is 115 Å². The fraction of sp³-hybridized carbons (Fsp3) is 0.265. The van der Waals surface area contributed by atoms with Gasteiger partial charge in [-0.3, -0.25) is 0 Å². The molecule has 20 heteroatoms. The quantitative estimate of drug-likeness (QED) is 0.0404. The summed E-state index contributed by atoms with van der Waals surface area (Å²) in [5.41, 5.74) is 1.85. The van der Waals surface area contributed by atoms with E-state index in [1.807, 2.05) is 0 Å². The van der Waals surface area contributed by atoms with Gasteiger partial charge in [0, 0.05) is 24.3 Å². The van der Waals surface area contributed by atoms with Crippen LogP contribution in [-0.2, 0) is 52.3 Å². The predicted octanol–water partition coefficient (Wildman–Crippen LogP) is 2.49. The zero-order valence-electron chi connectivity index (χ0n) is 36.5. The first-order valence-electron chi connectivity index (χ1n) is 20.9. The third-order valence-corrected chi connectivity index (χ3v) is 10.4. The molecule has 0 bridgehead atoms. The minimum Gasteiger partial charge on any atom is -0.508 e. The van der Waals surface area contributed by atoms with Gasteiger partial charge in [0.2, 0.25) is 5.79 Å². The molecular weight excluding hydrogens is 909 g/mol. The van der Waals surface area contributed by atoms with Crippen LogP contribution >= 0.6 is 0 Å². The molecule has 2 heterocycles. The molecular formula is C49H48O20. The number of esters is 4. The average Bonchev–Trinajstić information content (AvgIpc) is 3.59. The number of aliphatic hydroxyl groups excluding tert-OH is 4. The maximum absolute atomic E-state index is 13.5. The van der Waals surface area contributed by atoms with Crippen molar-refractivity contribution in [3.8, 4) is 28.7 Å². The number of hydrogen-bond donors (Lipinski definition) is 8. The lowest BCUT2D eigenvalue weighted by atomic mass is 9.98. The van der Waals surface area contributed by atoms with Crippen molar-refractivity contribution < 1.29 is 97.9 Å². The number of aliphatic hydroxyl groups is 4. The summed E-state index contributed by atoms with van der Waals surface area (Å²) >= 11 is 0. The van der Waals surface area contributed by atoms with Crippen LogP contribution in [0.4, 0.5) is 0 Å². The summed E-state index contributed by atoms with van der Waals surface area (Å²) in [5.74, 6) is -6.89. The molecule has 6 rings (SSSR count). The third kappa shape index (κ3) is 14.0. The van der Waals surface area contributed by atoms with E-state index in [1.165, 1.54) is 122 Å². The van der Waals surface area contributed by atoms with E-state index in [4.69, 9.17) is 37.9 Å². The number of ether oxygens (including phenoxy) is 8. The molecule has 4 aromatic carbocycles. The molecule has 0 amide bonds. The maximum atomic E-state index is 13.5. The molecule has 364 valence electrons. The van der Waals surface area contributed by atoms with Crippen LogP contribution in [0.1, 0.15) is 22.3 Å². The monoisotopic (exact) mass is 956 g/mol. The van der Waals surface area contributed by atoms with Crippen LogP contribution in [0.2, 0.25) is 0 Å². The molecule has 4 aromatic rings. The minimum absolute atomic E-state index is 0.000917. The summed E-state index contributed by atoms with van der Waals surface area (Å²) in [5, 5.41) is 83.7. The number of carbonyl (C=O) groups excluding carboxylic acids is 4. The maximum Gasteiger partial charge on any atom is 0.331 e. The van der Waals surface area contributed by atoms with Crippen molar-refractivity contribution in [1.82, 2.24) is 0 Å². The Hall–Kier alpha value is -7.56. The van der Waals surface area contributed by atoms with Crippen LogP contribution in [0.25, 0.3) is 24.3 Å². The molecule has 2 aliphatic rings. The topological polar surface area (TPSA) is 304 Å². The van der Waals surface area contributed by atoms with Gasteiger partial charge in [0.25, 0.3) is 0 Å². The molecule has 0 aromatic heterocycles. The van der Waals surface area contributed by atoms with Gasteiger partial charge >= 0.3 is 23.9 Å². The van der Waals surface area contributed by atoms with Crippen LogP contribution in [0.5, 0.6) is 28.7 Å². The van der Waals surface area contributed by atoms with E-state index in [0.29, 0.717) is 22.3 Å². The van der Waals surface area contributed by atoms with Crippen LogP contribution in [0, 0.1) is 0 Å². The van der Waals surface area contributed by atoms with Gasteiger partial charge in [-0.05, 0) is 95.1 Å². The number of phenolic OH excluding ortho intramolecular Hbond substituents is 4. The van der Waals surface area contributed by atoms with Gasteiger partial charge in [0.05, 0.1) is 7.11 Å². The number of aromatic hydroxyl groups is 4. The number of methoxy groups -OCH3 is 1. The fourth-order valence-corrected chi connectivity index (χ4v) is 6.75. The lowest BCUT2D eigenvalue weighted by Gasteiger charge is -2.43. The highest BCUT2D eigenvalue weighted by Crippen LogP contribution is 2.39. The molecule has 8 N–H and O–H groups in total. The summed E-state index contributed by atoms with van der Waals surface area (Å²) in [7, 11) is 1.34.